The molecule has 0 saturated heterocycles. The van der Waals surface area contributed by atoms with Crippen LogP contribution in [0.3, 0.4) is 0 Å². The smallest absolute Gasteiger partial charge is 0.00489 e. The molecule has 2 unspecified atom stereocenters. The van der Waals surface area contributed by atoms with Gasteiger partial charge in [-0.25, -0.2) is 0 Å². The molecule has 66 valence electrons. The fourth-order valence-corrected chi connectivity index (χ4v) is 1.97. The Kier molecular flexibility index (Phi) is 3.92. The highest BCUT2D eigenvalue weighted by Crippen LogP contribution is 2.24. The summed E-state index contributed by atoms with van der Waals surface area (Å²) in [4.78, 5) is 0. The van der Waals surface area contributed by atoms with Crippen molar-refractivity contribution in [3.8, 4) is 0 Å². The molecule has 0 aliphatic heterocycles. The van der Waals surface area contributed by atoms with E-state index in [1.54, 1.807) is 0 Å². The van der Waals surface area contributed by atoms with Crippen molar-refractivity contribution in [3.63, 3.8) is 0 Å². The molecule has 0 aromatic rings. The third-order valence-electron chi connectivity index (χ3n) is 2.96. The summed E-state index contributed by atoms with van der Waals surface area (Å²) in [5, 5.41) is 0. The average Bonchev–Trinajstić information content (AvgIpc) is 1.98. The lowest BCUT2D eigenvalue weighted by Gasteiger charge is -2.21. The van der Waals surface area contributed by atoms with Crippen molar-refractivity contribution in [2.24, 2.45) is 17.6 Å². The zero-order chi connectivity index (χ0) is 8.10. The maximum Gasteiger partial charge on any atom is -0.00489 e. The van der Waals surface area contributed by atoms with Crippen LogP contribution in [0.4, 0.5) is 0 Å². The molecule has 1 nitrogen and oxygen atoms in total. The van der Waals surface area contributed by atoms with Gasteiger partial charge in [0.2, 0.25) is 0 Å². The van der Waals surface area contributed by atoms with Crippen molar-refractivity contribution in [2.75, 3.05) is 6.54 Å². The van der Waals surface area contributed by atoms with Gasteiger partial charge in [-0.15, -0.1) is 0 Å². The van der Waals surface area contributed by atoms with Crippen molar-refractivity contribution in [2.45, 2.75) is 45.4 Å². The monoisotopic (exact) mass is 155 g/mol. The van der Waals surface area contributed by atoms with E-state index in [1.165, 1.54) is 38.5 Å². The molecule has 0 aromatic carbocycles. The highest BCUT2D eigenvalue weighted by molar-refractivity contribution is 4.66. The Morgan fingerprint density at radius 2 is 1.82 bits per heavy atom. The molecule has 0 aromatic heterocycles. The standard InChI is InChI=1S/C10H21N/c1-9-4-2-3-5-10(8-11)7-6-9/h9-10H,2-8,11H2,1H3. The van der Waals surface area contributed by atoms with Crippen LogP contribution in [0.5, 0.6) is 0 Å². The van der Waals surface area contributed by atoms with Crippen LogP contribution in [-0.2, 0) is 0 Å². The first kappa shape index (κ1) is 9.05. The molecule has 2 atom stereocenters. The van der Waals surface area contributed by atoms with E-state index in [0.717, 1.165) is 18.4 Å². The summed E-state index contributed by atoms with van der Waals surface area (Å²) in [6, 6.07) is 0. The molecule has 1 aliphatic rings. The van der Waals surface area contributed by atoms with Gasteiger partial charge >= 0.3 is 0 Å². The van der Waals surface area contributed by atoms with Crippen LogP contribution in [0.15, 0.2) is 0 Å². The number of rotatable bonds is 1. The average molecular weight is 155 g/mol. The summed E-state index contributed by atoms with van der Waals surface area (Å²) in [6.45, 7) is 3.28. The first-order chi connectivity index (χ1) is 5.33. The van der Waals surface area contributed by atoms with E-state index in [0.29, 0.717) is 0 Å². The maximum absolute atomic E-state index is 5.67. The van der Waals surface area contributed by atoms with Gasteiger partial charge < -0.3 is 5.73 Å². The van der Waals surface area contributed by atoms with Crippen molar-refractivity contribution in [1.29, 1.82) is 0 Å². The van der Waals surface area contributed by atoms with Gasteiger partial charge in [0, 0.05) is 0 Å². The molecule has 11 heavy (non-hydrogen) atoms. The van der Waals surface area contributed by atoms with Gasteiger partial charge in [-0.1, -0.05) is 32.6 Å². The normalized spacial score (nSPS) is 34.4. The van der Waals surface area contributed by atoms with E-state index in [9.17, 15) is 0 Å². The van der Waals surface area contributed by atoms with Crippen LogP contribution in [0.2, 0.25) is 0 Å². The molecule has 0 amide bonds. The Balaban J connectivity index is 2.25. The lowest BCUT2D eigenvalue weighted by Crippen LogP contribution is -2.17. The van der Waals surface area contributed by atoms with E-state index < -0.39 is 0 Å². The van der Waals surface area contributed by atoms with Crippen LogP contribution in [0.1, 0.15) is 45.4 Å². The van der Waals surface area contributed by atoms with E-state index in [2.05, 4.69) is 6.92 Å². The summed E-state index contributed by atoms with van der Waals surface area (Å²) in [6.07, 6.45) is 8.43. The van der Waals surface area contributed by atoms with Crippen molar-refractivity contribution >= 4 is 0 Å². The molecule has 1 aliphatic carbocycles. The number of hydrogen-bond acceptors (Lipinski definition) is 1. The molecule has 1 saturated carbocycles. The second-order valence-electron chi connectivity index (χ2n) is 4.07. The Morgan fingerprint density at radius 3 is 2.55 bits per heavy atom. The molecular formula is C10H21N. The highest BCUT2D eigenvalue weighted by atomic mass is 14.5. The molecule has 0 spiro atoms. The van der Waals surface area contributed by atoms with Crippen LogP contribution in [0, 0.1) is 11.8 Å². The SMILES string of the molecule is CC1CCCCC(CN)CC1. The minimum absolute atomic E-state index is 0.831. The van der Waals surface area contributed by atoms with Gasteiger partial charge in [0.15, 0.2) is 0 Å². The van der Waals surface area contributed by atoms with Gasteiger partial charge in [-0.3, -0.25) is 0 Å². The highest BCUT2D eigenvalue weighted by Gasteiger charge is 2.12. The third kappa shape index (κ3) is 3.24. The molecule has 1 fully saturated rings. The van der Waals surface area contributed by atoms with E-state index in [4.69, 9.17) is 5.73 Å². The number of hydrogen-bond donors (Lipinski definition) is 1. The topological polar surface area (TPSA) is 26.0 Å². The van der Waals surface area contributed by atoms with Crippen molar-refractivity contribution < 1.29 is 0 Å². The fourth-order valence-electron chi connectivity index (χ4n) is 1.97. The summed E-state index contributed by atoms with van der Waals surface area (Å²) in [5.41, 5.74) is 5.67. The van der Waals surface area contributed by atoms with Crippen LogP contribution in [-0.4, -0.2) is 6.54 Å². The van der Waals surface area contributed by atoms with Crippen LogP contribution >= 0.6 is 0 Å². The number of nitrogens with two attached hydrogens (primary N) is 1. The van der Waals surface area contributed by atoms with Gasteiger partial charge in [-0.2, -0.15) is 0 Å². The first-order valence-electron chi connectivity index (χ1n) is 5.03. The Bertz CT molecular complexity index is 101. The van der Waals surface area contributed by atoms with E-state index >= 15 is 0 Å². The van der Waals surface area contributed by atoms with Gasteiger partial charge in [0.05, 0.1) is 0 Å². The second kappa shape index (κ2) is 4.76. The lowest BCUT2D eigenvalue weighted by molar-refractivity contribution is 0.331. The summed E-state index contributed by atoms with van der Waals surface area (Å²) < 4.78 is 0. The minimum atomic E-state index is 0.831. The zero-order valence-corrected chi connectivity index (χ0v) is 7.68. The Morgan fingerprint density at radius 1 is 1.09 bits per heavy atom. The van der Waals surface area contributed by atoms with Crippen molar-refractivity contribution in [1.82, 2.24) is 0 Å². The van der Waals surface area contributed by atoms with Gasteiger partial charge in [0.25, 0.3) is 0 Å². The summed E-state index contributed by atoms with van der Waals surface area (Å²) in [7, 11) is 0. The summed E-state index contributed by atoms with van der Waals surface area (Å²) >= 11 is 0. The molecule has 1 heteroatoms. The molecular weight excluding hydrogens is 134 g/mol. The van der Waals surface area contributed by atoms with Crippen LogP contribution in [0.25, 0.3) is 0 Å². The largest absolute Gasteiger partial charge is 0.330 e. The van der Waals surface area contributed by atoms with E-state index in [1.807, 2.05) is 0 Å². The maximum atomic E-state index is 5.67. The fraction of sp³-hybridized carbons (Fsp3) is 1.00. The van der Waals surface area contributed by atoms with Gasteiger partial charge in [0.1, 0.15) is 0 Å². The van der Waals surface area contributed by atoms with E-state index in [-0.39, 0.29) is 0 Å². The zero-order valence-electron chi connectivity index (χ0n) is 7.68. The molecule has 2 N–H and O–H groups in total. The minimum Gasteiger partial charge on any atom is -0.330 e. The molecule has 0 heterocycles. The predicted octanol–water partition coefficient (Wildman–Crippen LogP) is 2.55. The van der Waals surface area contributed by atoms with Gasteiger partial charge in [-0.05, 0) is 31.2 Å². The molecule has 1 rings (SSSR count). The third-order valence-corrected chi connectivity index (χ3v) is 2.96. The second-order valence-corrected chi connectivity index (χ2v) is 4.07. The predicted molar refractivity (Wildman–Crippen MR) is 49.4 cm³/mol. The quantitative estimate of drug-likeness (QED) is 0.618. The molecule has 0 bridgehead atoms. The van der Waals surface area contributed by atoms with Crippen molar-refractivity contribution in [3.05, 3.63) is 0 Å². The Labute approximate surface area is 70.4 Å². The molecule has 0 radical (unpaired) electrons. The first-order valence-corrected chi connectivity index (χ1v) is 5.03. The lowest BCUT2D eigenvalue weighted by atomic mass is 9.86. The summed E-state index contributed by atoms with van der Waals surface area (Å²) in [5.74, 6) is 1.78. The van der Waals surface area contributed by atoms with Crippen LogP contribution < -0.4 is 5.73 Å². The Hall–Kier alpha value is -0.0400.